The molecule has 2 aromatic carbocycles. The largest absolute Gasteiger partial charge is 0.478 e. The van der Waals surface area contributed by atoms with Gasteiger partial charge in [-0.2, -0.15) is 5.10 Å². The minimum Gasteiger partial charge on any atom is -0.478 e. The highest BCUT2D eigenvalue weighted by Gasteiger charge is 2.29. The minimum atomic E-state index is -0.938. The van der Waals surface area contributed by atoms with Gasteiger partial charge in [0, 0.05) is 17.8 Å². The quantitative estimate of drug-likeness (QED) is 0.588. The van der Waals surface area contributed by atoms with Crippen LogP contribution in [0.15, 0.2) is 53.6 Å². The van der Waals surface area contributed by atoms with Crippen molar-refractivity contribution in [1.29, 1.82) is 0 Å². The first-order valence-electron chi connectivity index (χ1n) is 9.06. The number of rotatable bonds is 5. The van der Waals surface area contributed by atoms with E-state index in [9.17, 15) is 4.79 Å². The van der Waals surface area contributed by atoms with Crippen LogP contribution in [0.2, 0.25) is 0 Å². The van der Waals surface area contributed by atoms with Gasteiger partial charge in [-0.3, -0.25) is 5.43 Å². The second-order valence-electron chi connectivity index (χ2n) is 7.25. The number of nitrogens with zero attached hydrogens (tertiary/aromatic N) is 2. The molecule has 140 valence electrons. The molecule has 27 heavy (non-hydrogen) atoms. The predicted octanol–water partition coefficient (Wildman–Crippen LogP) is 4.85. The third-order valence-electron chi connectivity index (χ3n) is 4.86. The molecule has 5 nitrogen and oxygen atoms in total. The van der Waals surface area contributed by atoms with E-state index in [1.807, 2.05) is 0 Å². The highest BCUT2D eigenvalue weighted by atomic mass is 16.4. The Morgan fingerprint density at radius 1 is 1.22 bits per heavy atom. The topological polar surface area (TPSA) is 64.9 Å². The summed E-state index contributed by atoms with van der Waals surface area (Å²) in [6.07, 6.45) is 4.08. The molecule has 1 heterocycles. The highest BCUT2D eigenvalue weighted by Crippen LogP contribution is 2.38. The smallest absolute Gasteiger partial charge is 0.335 e. The zero-order chi connectivity index (χ0) is 19.6. The maximum Gasteiger partial charge on any atom is 0.335 e. The fraction of sp³-hybridized carbons (Fsp3) is 0.273. The molecule has 0 unspecified atom stereocenters. The summed E-state index contributed by atoms with van der Waals surface area (Å²) >= 11 is 0. The number of likely N-dealkylation sites (N-methyl/N-ethyl adjacent to an activating group) is 1. The Morgan fingerprint density at radius 3 is 2.56 bits per heavy atom. The van der Waals surface area contributed by atoms with E-state index in [4.69, 9.17) is 5.11 Å². The summed E-state index contributed by atoms with van der Waals surface area (Å²) in [5.74, 6) is -0.938. The molecule has 0 amide bonds. The van der Waals surface area contributed by atoms with Crippen LogP contribution in [-0.4, -0.2) is 29.4 Å². The molecule has 0 atom stereocenters. The molecule has 0 saturated heterocycles. The molecule has 1 aliphatic heterocycles. The SMILES string of the molecule is CCN1c2ccc(/C=N\Nc3ccc(C(=O)O)cc3)cc2C(C)=CC1(C)C. The molecule has 3 rings (SSSR count). The Morgan fingerprint density at radius 2 is 1.93 bits per heavy atom. The molecule has 2 N–H and O–H groups in total. The number of nitrogens with one attached hydrogen (secondary N) is 1. The van der Waals surface area contributed by atoms with Crippen molar-refractivity contribution in [3.8, 4) is 0 Å². The van der Waals surface area contributed by atoms with Gasteiger partial charge in [-0.05, 0) is 75.2 Å². The lowest BCUT2D eigenvalue weighted by Gasteiger charge is -2.42. The van der Waals surface area contributed by atoms with Crippen LogP contribution in [0.3, 0.4) is 0 Å². The number of hydrogen-bond acceptors (Lipinski definition) is 4. The lowest BCUT2D eigenvalue weighted by molar-refractivity contribution is 0.0697. The van der Waals surface area contributed by atoms with E-state index in [0.29, 0.717) is 0 Å². The lowest BCUT2D eigenvalue weighted by atomic mass is 9.88. The van der Waals surface area contributed by atoms with Gasteiger partial charge in [0.15, 0.2) is 0 Å². The Labute approximate surface area is 160 Å². The number of aromatic carboxylic acids is 1. The maximum absolute atomic E-state index is 10.9. The summed E-state index contributed by atoms with van der Waals surface area (Å²) in [6, 6.07) is 12.9. The normalized spacial score (nSPS) is 15.4. The Bertz CT molecular complexity index is 912. The van der Waals surface area contributed by atoms with Crippen LogP contribution in [-0.2, 0) is 0 Å². The van der Waals surface area contributed by atoms with E-state index in [1.54, 1.807) is 30.5 Å². The molecule has 0 spiro atoms. The third kappa shape index (κ3) is 3.87. The van der Waals surface area contributed by atoms with Gasteiger partial charge in [-0.25, -0.2) is 4.79 Å². The van der Waals surface area contributed by atoms with E-state index in [2.05, 4.69) is 67.4 Å². The van der Waals surface area contributed by atoms with Gasteiger partial charge in [0.05, 0.1) is 23.0 Å². The second kappa shape index (κ2) is 7.27. The van der Waals surface area contributed by atoms with E-state index in [1.165, 1.54) is 16.8 Å². The molecular weight excluding hydrogens is 338 g/mol. The van der Waals surface area contributed by atoms with Crippen molar-refractivity contribution < 1.29 is 9.90 Å². The molecule has 1 aliphatic rings. The first-order valence-corrected chi connectivity index (χ1v) is 9.06. The predicted molar refractivity (Wildman–Crippen MR) is 112 cm³/mol. The first kappa shape index (κ1) is 18.7. The fourth-order valence-electron chi connectivity index (χ4n) is 3.63. The Kier molecular flexibility index (Phi) is 5.04. The van der Waals surface area contributed by atoms with E-state index < -0.39 is 5.97 Å². The van der Waals surface area contributed by atoms with Gasteiger partial charge in [-0.1, -0.05) is 12.1 Å². The molecular formula is C22H25N3O2. The Balaban J connectivity index is 1.78. The van der Waals surface area contributed by atoms with Crippen molar-refractivity contribution in [3.63, 3.8) is 0 Å². The molecule has 0 bridgehead atoms. The number of hydrazone groups is 1. The lowest BCUT2D eigenvalue weighted by Crippen LogP contribution is -2.44. The second-order valence-corrected chi connectivity index (χ2v) is 7.25. The molecule has 0 aromatic heterocycles. The fourth-order valence-corrected chi connectivity index (χ4v) is 3.63. The summed E-state index contributed by atoms with van der Waals surface area (Å²) in [5, 5.41) is 13.2. The average Bonchev–Trinajstić information content (AvgIpc) is 2.62. The van der Waals surface area contributed by atoms with E-state index >= 15 is 0 Å². The monoisotopic (exact) mass is 363 g/mol. The molecule has 5 heteroatoms. The number of benzene rings is 2. The number of carboxylic acids is 1. The van der Waals surface area contributed by atoms with Gasteiger partial charge in [0.1, 0.15) is 0 Å². The van der Waals surface area contributed by atoms with Crippen LogP contribution in [0.1, 0.15) is 49.2 Å². The first-order chi connectivity index (χ1) is 12.8. The molecule has 2 aromatic rings. The molecule has 0 fully saturated rings. The summed E-state index contributed by atoms with van der Waals surface area (Å²) in [5.41, 5.74) is 8.69. The zero-order valence-electron chi connectivity index (χ0n) is 16.2. The number of anilines is 2. The minimum absolute atomic E-state index is 0.00507. The van der Waals surface area contributed by atoms with Crippen LogP contribution in [0.5, 0.6) is 0 Å². The van der Waals surface area contributed by atoms with Crippen LogP contribution in [0, 0.1) is 0 Å². The van der Waals surface area contributed by atoms with E-state index in [-0.39, 0.29) is 11.1 Å². The van der Waals surface area contributed by atoms with Crippen molar-refractivity contribution >= 4 is 29.1 Å². The average molecular weight is 363 g/mol. The van der Waals surface area contributed by atoms with Crippen LogP contribution < -0.4 is 10.3 Å². The number of hydrogen-bond donors (Lipinski definition) is 2. The van der Waals surface area contributed by atoms with Gasteiger partial charge < -0.3 is 10.0 Å². The van der Waals surface area contributed by atoms with E-state index in [0.717, 1.165) is 17.8 Å². The number of carbonyl (C=O) groups is 1. The van der Waals surface area contributed by atoms with Crippen LogP contribution in [0.25, 0.3) is 5.57 Å². The van der Waals surface area contributed by atoms with Crippen molar-refractivity contribution in [3.05, 3.63) is 65.2 Å². The third-order valence-corrected chi connectivity index (χ3v) is 4.86. The standard InChI is InChI=1S/C22H25N3O2/c1-5-25-20-11-6-16(12-19(20)15(2)13-22(25,3)4)14-23-24-18-9-7-17(8-10-18)21(26)27/h6-14,24H,5H2,1-4H3,(H,26,27)/b23-14-. The summed E-state index contributed by atoms with van der Waals surface area (Å²) in [7, 11) is 0. The van der Waals surface area contributed by atoms with Gasteiger partial charge in [-0.15, -0.1) is 0 Å². The summed E-state index contributed by atoms with van der Waals surface area (Å²) in [6.45, 7) is 9.74. The number of allylic oxidation sites excluding steroid dienone is 1. The summed E-state index contributed by atoms with van der Waals surface area (Å²) < 4.78 is 0. The van der Waals surface area contributed by atoms with Gasteiger partial charge in [0.2, 0.25) is 0 Å². The van der Waals surface area contributed by atoms with Crippen LogP contribution in [0.4, 0.5) is 11.4 Å². The Hall–Kier alpha value is -3.08. The molecule has 0 aliphatic carbocycles. The molecule has 0 saturated carbocycles. The number of fused-ring (bicyclic) bond motifs is 1. The maximum atomic E-state index is 10.9. The highest BCUT2D eigenvalue weighted by molar-refractivity contribution is 5.89. The van der Waals surface area contributed by atoms with Crippen molar-refractivity contribution in [2.45, 2.75) is 33.2 Å². The van der Waals surface area contributed by atoms with Crippen LogP contribution >= 0.6 is 0 Å². The molecule has 0 radical (unpaired) electrons. The zero-order valence-corrected chi connectivity index (χ0v) is 16.2. The van der Waals surface area contributed by atoms with Crippen molar-refractivity contribution in [1.82, 2.24) is 0 Å². The van der Waals surface area contributed by atoms with Crippen molar-refractivity contribution in [2.75, 3.05) is 16.9 Å². The van der Waals surface area contributed by atoms with Gasteiger partial charge in [0.25, 0.3) is 0 Å². The summed E-state index contributed by atoms with van der Waals surface area (Å²) in [4.78, 5) is 13.3. The number of carboxylic acid groups (broad SMARTS) is 1. The van der Waals surface area contributed by atoms with Gasteiger partial charge >= 0.3 is 5.97 Å². The van der Waals surface area contributed by atoms with Crippen molar-refractivity contribution in [2.24, 2.45) is 5.10 Å².